The minimum atomic E-state index is -0.931. The third-order valence-electron chi connectivity index (χ3n) is 1.52. The van der Waals surface area contributed by atoms with Gasteiger partial charge in [-0.1, -0.05) is 13.8 Å². The number of methoxy groups -OCH3 is 1. The zero-order valence-electron chi connectivity index (χ0n) is 7.07. The summed E-state index contributed by atoms with van der Waals surface area (Å²) in [6, 6.07) is -0.931. The van der Waals surface area contributed by atoms with E-state index in [9.17, 15) is 9.90 Å². The molecule has 0 aliphatic carbocycles. The van der Waals surface area contributed by atoms with Crippen molar-refractivity contribution < 1.29 is 14.6 Å². The van der Waals surface area contributed by atoms with E-state index >= 15 is 0 Å². The number of nitrogens with two attached hydrogens (primary N) is 1. The second-order valence-electron chi connectivity index (χ2n) is 2.78. The molecule has 0 aromatic rings. The molecule has 11 heavy (non-hydrogen) atoms. The van der Waals surface area contributed by atoms with Gasteiger partial charge in [-0.05, 0) is 5.92 Å². The van der Waals surface area contributed by atoms with Crippen LogP contribution >= 0.6 is 0 Å². The Labute approximate surface area is 66.3 Å². The summed E-state index contributed by atoms with van der Waals surface area (Å²) in [4.78, 5) is 10.8. The van der Waals surface area contributed by atoms with E-state index in [-0.39, 0.29) is 5.92 Å². The lowest BCUT2D eigenvalue weighted by molar-refractivity contribution is -0.145. The van der Waals surface area contributed by atoms with Gasteiger partial charge in [0.25, 0.3) is 0 Å². The molecular formula is C7H15NO3. The van der Waals surface area contributed by atoms with Gasteiger partial charge in [-0.25, -0.2) is 0 Å². The van der Waals surface area contributed by atoms with Gasteiger partial charge in [0.15, 0.2) is 0 Å². The molecule has 0 saturated carbocycles. The lowest BCUT2D eigenvalue weighted by Crippen LogP contribution is -2.45. The van der Waals surface area contributed by atoms with E-state index in [0.717, 1.165) is 0 Å². The van der Waals surface area contributed by atoms with Crippen LogP contribution in [0.4, 0.5) is 0 Å². The molecule has 0 radical (unpaired) electrons. The van der Waals surface area contributed by atoms with Crippen molar-refractivity contribution in [3.8, 4) is 0 Å². The minimum absolute atomic E-state index is 0.0379. The van der Waals surface area contributed by atoms with E-state index in [1.807, 2.05) is 0 Å². The Balaban J connectivity index is 4.01. The van der Waals surface area contributed by atoms with Crippen LogP contribution in [0.15, 0.2) is 0 Å². The molecule has 0 fully saturated rings. The minimum Gasteiger partial charge on any atom is -0.468 e. The van der Waals surface area contributed by atoms with Gasteiger partial charge in [-0.2, -0.15) is 0 Å². The summed E-state index contributed by atoms with van der Waals surface area (Å²) in [5.41, 5.74) is 5.35. The predicted molar refractivity (Wildman–Crippen MR) is 40.8 cm³/mol. The summed E-state index contributed by atoms with van der Waals surface area (Å²) < 4.78 is 4.36. The fourth-order valence-electron chi connectivity index (χ4n) is 0.690. The maximum atomic E-state index is 10.8. The van der Waals surface area contributed by atoms with Gasteiger partial charge < -0.3 is 15.6 Å². The summed E-state index contributed by atoms with van der Waals surface area (Å²) in [5, 5.41) is 9.27. The first-order chi connectivity index (χ1) is 5.00. The molecule has 4 heteroatoms. The van der Waals surface area contributed by atoms with Crippen molar-refractivity contribution in [2.45, 2.75) is 26.0 Å². The third kappa shape index (κ3) is 2.86. The number of hydrogen-bond donors (Lipinski definition) is 2. The number of carbonyl (C=O) groups is 1. The monoisotopic (exact) mass is 161 g/mol. The van der Waals surface area contributed by atoms with Crippen molar-refractivity contribution in [1.29, 1.82) is 0 Å². The standard InChI is InChI=1S/C7H15NO3/c1-4(2)6(9)5(8)7(10)11-3/h4-6,9H,8H2,1-3H3/t5-,6+/m0/s1. The molecule has 0 spiro atoms. The predicted octanol–water partition coefficient (Wildman–Crippen LogP) is -0.496. The molecular weight excluding hydrogens is 146 g/mol. The molecule has 0 unspecified atom stereocenters. The van der Waals surface area contributed by atoms with Crippen LogP contribution in [-0.4, -0.2) is 30.3 Å². The molecule has 0 aliphatic rings. The molecule has 0 aliphatic heterocycles. The smallest absolute Gasteiger partial charge is 0.325 e. The number of carbonyl (C=O) groups excluding carboxylic acids is 1. The van der Waals surface area contributed by atoms with E-state index in [1.165, 1.54) is 7.11 Å². The van der Waals surface area contributed by atoms with E-state index < -0.39 is 18.1 Å². The number of rotatable bonds is 3. The van der Waals surface area contributed by atoms with Gasteiger partial charge in [0.05, 0.1) is 13.2 Å². The van der Waals surface area contributed by atoms with Crippen LogP contribution in [0, 0.1) is 5.92 Å². The van der Waals surface area contributed by atoms with Crippen molar-refractivity contribution in [3.63, 3.8) is 0 Å². The summed E-state index contributed by atoms with van der Waals surface area (Å²) in [7, 11) is 1.25. The fourth-order valence-corrected chi connectivity index (χ4v) is 0.690. The molecule has 3 N–H and O–H groups in total. The topological polar surface area (TPSA) is 72.5 Å². The molecule has 4 nitrogen and oxygen atoms in total. The fraction of sp³-hybridized carbons (Fsp3) is 0.857. The highest BCUT2D eigenvalue weighted by molar-refractivity contribution is 5.76. The van der Waals surface area contributed by atoms with Crippen LogP contribution < -0.4 is 5.73 Å². The van der Waals surface area contributed by atoms with Crippen LogP contribution in [0.25, 0.3) is 0 Å². The van der Waals surface area contributed by atoms with E-state index in [2.05, 4.69) is 4.74 Å². The van der Waals surface area contributed by atoms with Gasteiger partial charge in [0.1, 0.15) is 6.04 Å². The lowest BCUT2D eigenvalue weighted by atomic mass is 10.0. The van der Waals surface area contributed by atoms with Crippen LogP contribution in [0.3, 0.4) is 0 Å². The van der Waals surface area contributed by atoms with Gasteiger partial charge in [-0.3, -0.25) is 4.79 Å². The quantitative estimate of drug-likeness (QED) is 0.547. The maximum Gasteiger partial charge on any atom is 0.325 e. The molecule has 0 bridgehead atoms. The molecule has 0 aromatic carbocycles. The molecule has 0 amide bonds. The highest BCUT2D eigenvalue weighted by Gasteiger charge is 2.25. The Morgan fingerprint density at radius 2 is 2.00 bits per heavy atom. The Kier molecular flexibility index (Phi) is 4.07. The van der Waals surface area contributed by atoms with Gasteiger partial charge >= 0.3 is 5.97 Å². The zero-order valence-corrected chi connectivity index (χ0v) is 7.07. The van der Waals surface area contributed by atoms with Gasteiger partial charge in [0.2, 0.25) is 0 Å². The Morgan fingerprint density at radius 1 is 1.55 bits per heavy atom. The second kappa shape index (κ2) is 4.31. The van der Waals surface area contributed by atoms with E-state index in [4.69, 9.17) is 5.73 Å². The molecule has 0 rings (SSSR count). The number of hydrogen-bond acceptors (Lipinski definition) is 4. The highest BCUT2D eigenvalue weighted by atomic mass is 16.5. The number of aliphatic hydroxyl groups excluding tert-OH is 1. The molecule has 0 heterocycles. The maximum absolute atomic E-state index is 10.8. The largest absolute Gasteiger partial charge is 0.468 e. The van der Waals surface area contributed by atoms with Crippen LogP contribution in [-0.2, 0) is 9.53 Å². The third-order valence-corrected chi connectivity index (χ3v) is 1.52. The summed E-state index contributed by atoms with van der Waals surface area (Å²) in [6.07, 6.45) is -0.831. The van der Waals surface area contributed by atoms with Crippen LogP contribution in [0.5, 0.6) is 0 Å². The van der Waals surface area contributed by atoms with Crippen molar-refractivity contribution >= 4 is 5.97 Å². The first kappa shape index (κ1) is 10.4. The molecule has 0 saturated heterocycles. The molecule has 2 atom stereocenters. The average molecular weight is 161 g/mol. The summed E-state index contributed by atoms with van der Waals surface area (Å²) >= 11 is 0. The lowest BCUT2D eigenvalue weighted by Gasteiger charge is -2.19. The van der Waals surface area contributed by atoms with Crippen LogP contribution in [0.2, 0.25) is 0 Å². The summed E-state index contributed by atoms with van der Waals surface area (Å²) in [5.74, 6) is -0.615. The van der Waals surface area contributed by atoms with Crippen molar-refractivity contribution in [1.82, 2.24) is 0 Å². The molecule has 66 valence electrons. The summed E-state index contributed by atoms with van der Waals surface area (Å²) in [6.45, 7) is 3.57. The first-order valence-electron chi connectivity index (χ1n) is 3.52. The first-order valence-corrected chi connectivity index (χ1v) is 3.52. The Hall–Kier alpha value is -0.610. The SMILES string of the molecule is COC(=O)[C@@H](N)[C@H](O)C(C)C. The zero-order chi connectivity index (χ0) is 9.02. The Morgan fingerprint density at radius 3 is 2.27 bits per heavy atom. The Bertz CT molecular complexity index is 136. The highest BCUT2D eigenvalue weighted by Crippen LogP contribution is 2.05. The normalized spacial score (nSPS) is 16.2. The van der Waals surface area contributed by atoms with Crippen molar-refractivity contribution in [2.75, 3.05) is 7.11 Å². The van der Waals surface area contributed by atoms with Gasteiger partial charge in [0, 0.05) is 0 Å². The molecule has 0 aromatic heterocycles. The van der Waals surface area contributed by atoms with Crippen molar-refractivity contribution in [2.24, 2.45) is 11.7 Å². The van der Waals surface area contributed by atoms with Crippen LogP contribution in [0.1, 0.15) is 13.8 Å². The number of ether oxygens (including phenoxy) is 1. The average Bonchev–Trinajstić information content (AvgIpc) is 2.00. The van der Waals surface area contributed by atoms with Crippen molar-refractivity contribution in [3.05, 3.63) is 0 Å². The van der Waals surface area contributed by atoms with Gasteiger partial charge in [-0.15, -0.1) is 0 Å². The number of esters is 1. The van der Waals surface area contributed by atoms with E-state index in [1.54, 1.807) is 13.8 Å². The number of aliphatic hydroxyl groups is 1. The second-order valence-corrected chi connectivity index (χ2v) is 2.78. The van der Waals surface area contributed by atoms with E-state index in [0.29, 0.717) is 0 Å².